The zero-order valence-electron chi connectivity index (χ0n) is 17.9. The summed E-state index contributed by atoms with van der Waals surface area (Å²) in [6.45, 7) is 0. The minimum Gasteiger partial charge on any atom is -0.469 e. The Balaban J connectivity index is 1.33. The standard InChI is InChI=1S/C24H22F3N3O3/c1-33-18(31)10-22-11-23(12-22,13-22)29-21(32)19-20-16(3-2-8-30(20)14-28-19)9-15-4-6-17(7-5-15)24(25,26)27/h2-8,14H,9-13H2,1H3,(H,29,32). The molecule has 3 aliphatic rings. The van der Waals surface area contributed by atoms with Crippen molar-refractivity contribution in [2.24, 2.45) is 5.41 Å². The molecule has 2 aromatic heterocycles. The Bertz CT molecular complexity index is 1230. The number of alkyl halides is 3. The molecule has 33 heavy (non-hydrogen) atoms. The number of carbonyl (C=O) groups excluding carboxylic acids is 2. The van der Waals surface area contributed by atoms with Gasteiger partial charge in [-0.3, -0.25) is 9.59 Å². The number of nitrogens with one attached hydrogen (secondary N) is 1. The molecule has 3 aromatic rings. The molecule has 3 saturated carbocycles. The number of benzene rings is 1. The van der Waals surface area contributed by atoms with Crippen molar-refractivity contribution >= 4 is 17.4 Å². The highest BCUT2D eigenvalue weighted by Gasteiger charge is 2.69. The highest BCUT2D eigenvalue weighted by molar-refractivity contribution is 6.00. The van der Waals surface area contributed by atoms with Crippen LogP contribution in [-0.2, 0) is 22.1 Å². The number of nitrogens with zero attached hydrogens (tertiary/aromatic N) is 2. The summed E-state index contributed by atoms with van der Waals surface area (Å²) in [6.07, 6.45) is 1.91. The molecule has 9 heteroatoms. The zero-order chi connectivity index (χ0) is 23.4. The first kappa shape index (κ1) is 21.5. The zero-order valence-corrected chi connectivity index (χ0v) is 17.9. The van der Waals surface area contributed by atoms with E-state index in [9.17, 15) is 22.8 Å². The Labute approximate surface area is 187 Å². The molecule has 0 aliphatic heterocycles. The topological polar surface area (TPSA) is 72.7 Å². The van der Waals surface area contributed by atoms with Gasteiger partial charge in [0.25, 0.3) is 5.91 Å². The maximum absolute atomic E-state index is 13.1. The lowest BCUT2D eigenvalue weighted by Crippen LogP contribution is -2.75. The number of aromatic nitrogens is 2. The summed E-state index contributed by atoms with van der Waals surface area (Å²) >= 11 is 0. The Hall–Kier alpha value is -3.36. The van der Waals surface area contributed by atoms with Gasteiger partial charge in [-0.05, 0) is 60.4 Å². The third-order valence-corrected chi connectivity index (χ3v) is 6.80. The minimum absolute atomic E-state index is 0.0651. The first-order valence-electron chi connectivity index (χ1n) is 10.6. The Kier molecular flexibility index (Phi) is 4.77. The number of rotatable bonds is 6. The van der Waals surface area contributed by atoms with Gasteiger partial charge in [0, 0.05) is 11.7 Å². The molecular formula is C24H22F3N3O3. The van der Waals surface area contributed by atoms with Gasteiger partial charge in [-0.15, -0.1) is 0 Å². The van der Waals surface area contributed by atoms with Crippen LogP contribution in [0.3, 0.4) is 0 Å². The largest absolute Gasteiger partial charge is 0.469 e. The van der Waals surface area contributed by atoms with E-state index in [1.54, 1.807) is 16.9 Å². The number of fused-ring (bicyclic) bond motifs is 1. The fourth-order valence-electron chi connectivity index (χ4n) is 5.46. The van der Waals surface area contributed by atoms with E-state index in [0.717, 1.165) is 37.0 Å². The van der Waals surface area contributed by atoms with Gasteiger partial charge < -0.3 is 14.5 Å². The number of methoxy groups -OCH3 is 1. The average molecular weight is 457 g/mol. The fraction of sp³-hybridized carbons (Fsp3) is 0.375. The van der Waals surface area contributed by atoms with Crippen LogP contribution in [0.15, 0.2) is 48.9 Å². The third kappa shape index (κ3) is 3.75. The van der Waals surface area contributed by atoms with Crippen LogP contribution in [-0.4, -0.2) is 33.9 Å². The second-order valence-electron chi connectivity index (χ2n) is 9.27. The predicted octanol–water partition coefficient (Wildman–Crippen LogP) is 4.16. The van der Waals surface area contributed by atoms with E-state index < -0.39 is 11.7 Å². The van der Waals surface area contributed by atoms with Gasteiger partial charge in [-0.25, -0.2) is 4.98 Å². The summed E-state index contributed by atoms with van der Waals surface area (Å²) in [5, 5.41) is 3.09. The quantitative estimate of drug-likeness (QED) is 0.565. The van der Waals surface area contributed by atoms with Crippen LogP contribution in [0.4, 0.5) is 13.2 Å². The molecule has 0 spiro atoms. The Morgan fingerprint density at radius 3 is 2.48 bits per heavy atom. The summed E-state index contributed by atoms with van der Waals surface area (Å²) < 4.78 is 45.1. The van der Waals surface area contributed by atoms with Gasteiger partial charge >= 0.3 is 12.1 Å². The fourth-order valence-corrected chi connectivity index (χ4v) is 5.46. The van der Waals surface area contributed by atoms with E-state index in [1.165, 1.54) is 19.2 Å². The van der Waals surface area contributed by atoms with Gasteiger partial charge in [0.05, 0.1) is 24.6 Å². The minimum atomic E-state index is -4.38. The molecule has 1 amide bonds. The molecule has 3 fully saturated rings. The molecule has 6 nitrogen and oxygen atoms in total. The number of pyridine rings is 1. The van der Waals surface area contributed by atoms with Gasteiger partial charge in [0.1, 0.15) is 6.33 Å². The van der Waals surface area contributed by atoms with E-state index in [0.29, 0.717) is 23.9 Å². The second kappa shape index (κ2) is 7.33. The van der Waals surface area contributed by atoms with Crippen LogP contribution >= 0.6 is 0 Å². The Morgan fingerprint density at radius 2 is 1.85 bits per heavy atom. The molecule has 2 heterocycles. The average Bonchev–Trinajstić information content (AvgIpc) is 3.16. The van der Waals surface area contributed by atoms with E-state index in [-0.39, 0.29) is 28.5 Å². The summed E-state index contributed by atoms with van der Waals surface area (Å²) in [7, 11) is 1.37. The molecule has 0 atom stereocenters. The smallest absolute Gasteiger partial charge is 0.416 e. The number of halogens is 3. The highest BCUT2D eigenvalue weighted by Crippen LogP contribution is 2.69. The lowest BCUT2D eigenvalue weighted by Gasteiger charge is -2.70. The summed E-state index contributed by atoms with van der Waals surface area (Å²) in [5.41, 5.74) is 1.34. The van der Waals surface area contributed by atoms with Crippen molar-refractivity contribution < 1.29 is 27.5 Å². The van der Waals surface area contributed by atoms with Crippen LogP contribution in [0.5, 0.6) is 0 Å². The van der Waals surface area contributed by atoms with E-state index in [1.807, 2.05) is 12.1 Å². The van der Waals surface area contributed by atoms with Crippen molar-refractivity contribution in [2.75, 3.05) is 7.11 Å². The molecular weight excluding hydrogens is 435 g/mol. The van der Waals surface area contributed by atoms with Gasteiger partial charge in [-0.2, -0.15) is 13.2 Å². The third-order valence-electron chi connectivity index (χ3n) is 6.80. The Morgan fingerprint density at radius 1 is 1.15 bits per heavy atom. The number of ether oxygens (including phenoxy) is 1. The maximum atomic E-state index is 13.1. The molecule has 6 rings (SSSR count). The van der Waals surface area contributed by atoms with E-state index in [2.05, 4.69) is 10.3 Å². The van der Waals surface area contributed by atoms with Crippen LogP contribution in [0.2, 0.25) is 0 Å². The molecule has 2 bridgehead atoms. The number of hydrogen-bond donors (Lipinski definition) is 1. The molecule has 3 aliphatic carbocycles. The number of esters is 1. The number of hydrogen-bond acceptors (Lipinski definition) is 4. The second-order valence-corrected chi connectivity index (χ2v) is 9.27. The van der Waals surface area contributed by atoms with Crippen molar-refractivity contribution in [3.05, 3.63) is 71.3 Å². The van der Waals surface area contributed by atoms with Gasteiger partial charge in [-0.1, -0.05) is 18.2 Å². The molecule has 0 saturated heterocycles. The van der Waals surface area contributed by atoms with Crippen molar-refractivity contribution in [3.8, 4) is 0 Å². The SMILES string of the molecule is COC(=O)CC12CC(NC(=O)c3ncn4cccc(Cc5ccc(C(F)(F)F)cc5)c34)(C1)C2. The van der Waals surface area contributed by atoms with Crippen molar-refractivity contribution in [2.45, 2.75) is 43.8 Å². The van der Waals surface area contributed by atoms with E-state index in [4.69, 9.17) is 4.74 Å². The van der Waals surface area contributed by atoms with Crippen molar-refractivity contribution in [1.29, 1.82) is 0 Å². The number of carbonyl (C=O) groups is 2. The predicted molar refractivity (Wildman–Crippen MR) is 113 cm³/mol. The lowest BCUT2D eigenvalue weighted by molar-refractivity contribution is -0.175. The summed E-state index contributed by atoms with van der Waals surface area (Å²) in [5.74, 6) is -0.522. The van der Waals surface area contributed by atoms with E-state index >= 15 is 0 Å². The van der Waals surface area contributed by atoms with Gasteiger partial charge in [0.15, 0.2) is 5.69 Å². The monoisotopic (exact) mass is 457 g/mol. The first-order chi connectivity index (χ1) is 15.6. The van der Waals surface area contributed by atoms with Crippen LogP contribution in [0.1, 0.15) is 52.9 Å². The van der Waals surface area contributed by atoms with Crippen LogP contribution in [0.25, 0.3) is 5.52 Å². The molecule has 0 unspecified atom stereocenters. The summed E-state index contributed by atoms with van der Waals surface area (Å²) in [4.78, 5) is 29.0. The lowest BCUT2D eigenvalue weighted by atomic mass is 9.38. The highest BCUT2D eigenvalue weighted by atomic mass is 19.4. The molecule has 0 radical (unpaired) electrons. The maximum Gasteiger partial charge on any atom is 0.416 e. The normalized spacial score (nSPS) is 23.5. The van der Waals surface area contributed by atoms with Gasteiger partial charge in [0.2, 0.25) is 0 Å². The molecule has 1 N–H and O–H groups in total. The van der Waals surface area contributed by atoms with Crippen molar-refractivity contribution in [3.63, 3.8) is 0 Å². The number of amides is 1. The number of imidazole rings is 1. The molecule has 172 valence electrons. The summed E-state index contributed by atoms with van der Waals surface area (Å²) in [6, 6.07) is 8.68. The first-order valence-corrected chi connectivity index (χ1v) is 10.6. The molecule has 1 aromatic carbocycles. The van der Waals surface area contributed by atoms with Crippen LogP contribution in [0, 0.1) is 5.41 Å². The van der Waals surface area contributed by atoms with Crippen LogP contribution < -0.4 is 5.32 Å². The van der Waals surface area contributed by atoms with Crippen molar-refractivity contribution in [1.82, 2.24) is 14.7 Å².